The van der Waals surface area contributed by atoms with E-state index in [-0.39, 0.29) is 11.2 Å². The second kappa shape index (κ2) is 3.82. The summed E-state index contributed by atoms with van der Waals surface area (Å²) in [6, 6.07) is 7.56. The molecule has 82 valence electrons. The van der Waals surface area contributed by atoms with Crippen molar-refractivity contribution in [2.24, 2.45) is 0 Å². The summed E-state index contributed by atoms with van der Waals surface area (Å²) in [5.41, 5.74) is 0.880. The number of amidine groups is 1. The van der Waals surface area contributed by atoms with Gasteiger partial charge in [0.2, 0.25) is 5.12 Å². The molecule has 1 fully saturated rings. The monoisotopic (exact) mass is 250 g/mol. The molecule has 2 aliphatic heterocycles. The van der Waals surface area contributed by atoms with Gasteiger partial charge in [-0.25, -0.2) is 0 Å². The third kappa shape index (κ3) is 1.46. The number of carbonyl (C=O) groups is 1. The number of hydrogen-bond donors (Lipinski definition) is 1. The van der Waals surface area contributed by atoms with Gasteiger partial charge in [0.1, 0.15) is 11.9 Å². The maximum Gasteiger partial charge on any atom is 0.217 e. The molecule has 1 N–H and O–H groups in total. The highest BCUT2D eigenvalue weighted by Gasteiger charge is 2.37. The van der Waals surface area contributed by atoms with Crippen LogP contribution in [0.15, 0.2) is 29.2 Å². The summed E-state index contributed by atoms with van der Waals surface area (Å²) < 4.78 is 0. The highest BCUT2D eigenvalue weighted by Crippen LogP contribution is 2.35. The zero-order chi connectivity index (χ0) is 11.1. The number of thioether (sulfide) groups is 2. The number of nitrogens with one attached hydrogen (secondary N) is 1. The molecule has 2 aliphatic rings. The van der Waals surface area contributed by atoms with E-state index in [2.05, 4.69) is 0 Å². The van der Waals surface area contributed by atoms with E-state index in [9.17, 15) is 4.79 Å². The first kappa shape index (κ1) is 10.2. The highest BCUT2D eigenvalue weighted by atomic mass is 32.2. The minimum atomic E-state index is -0.116. The van der Waals surface area contributed by atoms with E-state index in [1.54, 1.807) is 11.8 Å². The SMILES string of the molecule is N=C1c2ccccc2SC(=O)C2CSCN12. The molecule has 16 heavy (non-hydrogen) atoms. The lowest BCUT2D eigenvalue weighted by molar-refractivity contribution is -0.113. The quantitative estimate of drug-likeness (QED) is 0.765. The van der Waals surface area contributed by atoms with Crippen molar-refractivity contribution in [2.75, 3.05) is 11.6 Å². The highest BCUT2D eigenvalue weighted by molar-refractivity contribution is 8.14. The van der Waals surface area contributed by atoms with Gasteiger partial charge in [0, 0.05) is 16.2 Å². The van der Waals surface area contributed by atoms with Gasteiger partial charge >= 0.3 is 0 Å². The Hall–Kier alpha value is -0.940. The average molecular weight is 250 g/mol. The third-order valence-electron chi connectivity index (χ3n) is 2.79. The van der Waals surface area contributed by atoms with Crippen molar-refractivity contribution in [1.82, 2.24) is 4.90 Å². The topological polar surface area (TPSA) is 44.2 Å². The van der Waals surface area contributed by atoms with Crippen molar-refractivity contribution < 1.29 is 4.79 Å². The fourth-order valence-corrected chi connectivity index (χ4v) is 4.20. The van der Waals surface area contributed by atoms with Gasteiger partial charge in [0.25, 0.3) is 0 Å². The minimum absolute atomic E-state index is 0.116. The van der Waals surface area contributed by atoms with Crippen LogP contribution in [-0.2, 0) is 4.79 Å². The Balaban J connectivity index is 2.11. The standard InChI is InChI=1S/C11H10N2OS2/c12-10-7-3-1-2-4-9(7)16-11(14)8-5-15-6-13(8)10/h1-4,8,12H,5-6H2. The summed E-state index contributed by atoms with van der Waals surface area (Å²) in [5, 5.41) is 8.34. The average Bonchev–Trinajstić information content (AvgIpc) is 2.74. The first-order valence-corrected chi connectivity index (χ1v) is 6.98. The lowest BCUT2D eigenvalue weighted by Gasteiger charge is -2.21. The second-order valence-corrected chi connectivity index (χ2v) is 5.80. The van der Waals surface area contributed by atoms with Crippen LogP contribution < -0.4 is 0 Å². The van der Waals surface area contributed by atoms with Crippen LogP contribution >= 0.6 is 23.5 Å². The van der Waals surface area contributed by atoms with Crippen molar-refractivity contribution >= 4 is 34.5 Å². The molecule has 1 aromatic carbocycles. The van der Waals surface area contributed by atoms with Crippen molar-refractivity contribution in [3.8, 4) is 0 Å². The summed E-state index contributed by atoms with van der Waals surface area (Å²) in [7, 11) is 0. The van der Waals surface area contributed by atoms with E-state index >= 15 is 0 Å². The molecule has 1 unspecified atom stereocenters. The Morgan fingerprint density at radius 1 is 1.38 bits per heavy atom. The molecular weight excluding hydrogens is 240 g/mol. The first-order valence-electron chi connectivity index (χ1n) is 5.01. The second-order valence-electron chi connectivity index (χ2n) is 3.75. The maximum atomic E-state index is 12.0. The molecule has 0 aliphatic carbocycles. The number of fused-ring (bicyclic) bond motifs is 2. The summed E-state index contributed by atoms with van der Waals surface area (Å²) >= 11 is 3.00. The molecule has 1 atom stereocenters. The van der Waals surface area contributed by atoms with E-state index in [4.69, 9.17) is 5.41 Å². The fourth-order valence-electron chi connectivity index (χ4n) is 1.94. The zero-order valence-corrected chi connectivity index (χ0v) is 10.1. The fraction of sp³-hybridized carbons (Fsp3) is 0.273. The van der Waals surface area contributed by atoms with Crippen LogP contribution in [-0.4, -0.2) is 33.5 Å². The molecule has 3 rings (SSSR count). The van der Waals surface area contributed by atoms with Crippen LogP contribution in [0.2, 0.25) is 0 Å². The van der Waals surface area contributed by atoms with Gasteiger partial charge in [-0.3, -0.25) is 10.2 Å². The molecule has 0 radical (unpaired) electrons. The molecule has 0 aromatic heterocycles. The lowest BCUT2D eigenvalue weighted by atomic mass is 10.2. The largest absolute Gasteiger partial charge is 0.335 e. The predicted molar refractivity (Wildman–Crippen MR) is 67.1 cm³/mol. The number of rotatable bonds is 0. The molecule has 0 bridgehead atoms. The molecule has 2 heterocycles. The number of benzene rings is 1. The molecule has 1 aromatic rings. The van der Waals surface area contributed by atoms with Crippen LogP contribution in [0.1, 0.15) is 5.56 Å². The van der Waals surface area contributed by atoms with Crippen LogP contribution in [0, 0.1) is 5.41 Å². The van der Waals surface area contributed by atoms with Gasteiger partial charge in [-0.2, -0.15) is 0 Å². The minimum Gasteiger partial charge on any atom is -0.335 e. The summed E-state index contributed by atoms with van der Waals surface area (Å²) in [5.74, 6) is 2.05. The molecular formula is C11H10N2OS2. The van der Waals surface area contributed by atoms with E-state index in [1.807, 2.05) is 29.2 Å². The normalized spacial score (nSPS) is 24.0. The summed E-state index contributed by atoms with van der Waals surface area (Å²) in [6.45, 7) is 0. The molecule has 5 heteroatoms. The van der Waals surface area contributed by atoms with Gasteiger partial charge in [0.05, 0.1) is 5.88 Å². The van der Waals surface area contributed by atoms with E-state index in [0.717, 1.165) is 22.1 Å². The van der Waals surface area contributed by atoms with Crippen LogP contribution in [0.25, 0.3) is 0 Å². The molecule has 0 spiro atoms. The van der Waals surface area contributed by atoms with Gasteiger partial charge in [-0.15, -0.1) is 11.8 Å². The van der Waals surface area contributed by atoms with E-state index in [1.165, 1.54) is 11.8 Å². The Labute approximate surface area is 102 Å². The number of carbonyl (C=O) groups excluding carboxylic acids is 1. The zero-order valence-electron chi connectivity index (χ0n) is 8.47. The van der Waals surface area contributed by atoms with Crippen LogP contribution in [0.5, 0.6) is 0 Å². The van der Waals surface area contributed by atoms with E-state index < -0.39 is 0 Å². The molecule has 1 saturated heterocycles. The van der Waals surface area contributed by atoms with Crippen molar-refractivity contribution in [1.29, 1.82) is 5.41 Å². The molecule has 3 nitrogen and oxygen atoms in total. The van der Waals surface area contributed by atoms with Gasteiger partial charge in [-0.1, -0.05) is 18.2 Å². The van der Waals surface area contributed by atoms with Crippen LogP contribution in [0.3, 0.4) is 0 Å². The Kier molecular flexibility index (Phi) is 2.44. The first-order chi connectivity index (χ1) is 7.77. The number of nitrogens with zero attached hydrogens (tertiary/aromatic N) is 1. The van der Waals surface area contributed by atoms with Gasteiger partial charge in [-0.05, 0) is 17.8 Å². The van der Waals surface area contributed by atoms with Gasteiger partial charge < -0.3 is 4.90 Å². The molecule has 0 saturated carbocycles. The van der Waals surface area contributed by atoms with E-state index in [0.29, 0.717) is 5.84 Å². The smallest absolute Gasteiger partial charge is 0.217 e. The predicted octanol–water partition coefficient (Wildman–Crippen LogP) is 2.02. The van der Waals surface area contributed by atoms with Crippen molar-refractivity contribution in [3.05, 3.63) is 29.8 Å². The Morgan fingerprint density at radius 3 is 3.06 bits per heavy atom. The van der Waals surface area contributed by atoms with Crippen molar-refractivity contribution in [2.45, 2.75) is 10.9 Å². The van der Waals surface area contributed by atoms with Crippen molar-refractivity contribution in [3.63, 3.8) is 0 Å². The summed E-state index contributed by atoms with van der Waals surface area (Å²) in [6.07, 6.45) is 0. The van der Waals surface area contributed by atoms with Crippen LogP contribution in [0.4, 0.5) is 0 Å². The Bertz CT molecular complexity index is 475. The number of hydrogen-bond acceptors (Lipinski definition) is 4. The maximum absolute atomic E-state index is 12.0. The summed E-state index contributed by atoms with van der Waals surface area (Å²) in [4.78, 5) is 14.8. The lowest BCUT2D eigenvalue weighted by Crippen LogP contribution is -2.39. The van der Waals surface area contributed by atoms with Gasteiger partial charge in [0.15, 0.2) is 0 Å². The molecule has 0 amide bonds. The Morgan fingerprint density at radius 2 is 2.19 bits per heavy atom. The third-order valence-corrected chi connectivity index (χ3v) is 4.86.